The van der Waals surface area contributed by atoms with Crippen molar-refractivity contribution in [2.45, 2.75) is 144 Å². The number of hydrogen-bond donors (Lipinski definition) is 2. The Hall–Kier alpha value is -3.82. The van der Waals surface area contributed by atoms with E-state index in [-0.39, 0.29) is 47.2 Å². The van der Waals surface area contributed by atoms with Crippen molar-refractivity contribution >= 4 is 34.7 Å². The molecule has 0 amide bonds. The van der Waals surface area contributed by atoms with Crippen LogP contribution >= 0.6 is 0 Å². The van der Waals surface area contributed by atoms with Gasteiger partial charge < -0.3 is 9.47 Å². The third-order valence-corrected chi connectivity index (χ3v) is 10.4. The predicted molar refractivity (Wildman–Crippen MR) is 192 cm³/mol. The lowest BCUT2D eigenvalue weighted by atomic mass is 9.82. The number of fused-ring (bicyclic) bond motifs is 2. The largest absolute Gasteiger partial charge is 0.460 e. The van der Waals surface area contributed by atoms with Crippen molar-refractivity contribution in [3.8, 4) is 0 Å². The van der Waals surface area contributed by atoms with E-state index in [2.05, 4.69) is 32.5 Å². The first-order valence-electron chi connectivity index (χ1n) is 18.5. The van der Waals surface area contributed by atoms with E-state index < -0.39 is 11.2 Å². The van der Waals surface area contributed by atoms with E-state index in [0.717, 1.165) is 87.0 Å². The Bertz CT molecular complexity index is 1540. The Morgan fingerprint density at radius 2 is 0.960 bits per heavy atom. The van der Waals surface area contributed by atoms with Gasteiger partial charge in [0, 0.05) is 34.4 Å². The number of Topliss-reactive ketones (excluding diaryl/α,β-unsaturated/α-hetero) is 2. The molecule has 2 heterocycles. The predicted octanol–water partition coefficient (Wildman–Crippen LogP) is 7.26. The number of esters is 2. The fourth-order valence-corrected chi connectivity index (χ4v) is 7.53. The molecule has 0 aromatic carbocycles. The lowest BCUT2D eigenvalue weighted by Crippen LogP contribution is -2.29. The van der Waals surface area contributed by atoms with Gasteiger partial charge in [0.1, 0.15) is 22.8 Å². The van der Waals surface area contributed by atoms with E-state index in [1.807, 2.05) is 41.5 Å². The Kier molecular flexibility index (Phi) is 11.4. The van der Waals surface area contributed by atoms with Gasteiger partial charge in [-0.15, -0.1) is 0 Å². The van der Waals surface area contributed by atoms with Gasteiger partial charge >= 0.3 is 11.9 Å². The van der Waals surface area contributed by atoms with Crippen molar-refractivity contribution in [1.82, 2.24) is 20.4 Å². The minimum Gasteiger partial charge on any atom is -0.460 e. The van der Waals surface area contributed by atoms with Crippen LogP contribution in [0.25, 0.3) is 11.1 Å². The number of allylic oxidation sites excluding steroid dienone is 4. The maximum atomic E-state index is 12.2. The van der Waals surface area contributed by atoms with Crippen LogP contribution < -0.4 is 0 Å². The summed E-state index contributed by atoms with van der Waals surface area (Å²) in [5.74, 6) is 0.458. The first-order valence-corrected chi connectivity index (χ1v) is 18.5. The molecule has 0 aliphatic heterocycles. The van der Waals surface area contributed by atoms with Gasteiger partial charge in [0.05, 0.1) is 23.2 Å². The number of aromatic amines is 2. The van der Waals surface area contributed by atoms with Gasteiger partial charge in [-0.2, -0.15) is 10.2 Å². The summed E-state index contributed by atoms with van der Waals surface area (Å²) in [6.45, 7) is 14.8. The zero-order valence-corrected chi connectivity index (χ0v) is 31.3. The fourth-order valence-electron chi connectivity index (χ4n) is 7.53. The molecule has 272 valence electrons. The topological polar surface area (TPSA) is 144 Å². The molecule has 4 aliphatic rings. The molecule has 2 aromatic rings. The van der Waals surface area contributed by atoms with Crippen molar-refractivity contribution in [3.05, 3.63) is 46.1 Å². The van der Waals surface area contributed by atoms with Crippen molar-refractivity contribution in [2.24, 2.45) is 23.7 Å². The Balaban J connectivity index is 0.000000194. The summed E-state index contributed by atoms with van der Waals surface area (Å²) in [5, 5.41) is 15.3. The summed E-state index contributed by atoms with van der Waals surface area (Å²) in [5.41, 5.74) is 8.40. The van der Waals surface area contributed by atoms with Gasteiger partial charge in [-0.3, -0.25) is 29.4 Å². The summed E-state index contributed by atoms with van der Waals surface area (Å²) >= 11 is 0. The van der Waals surface area contributed by atoms with Crippen LogP contribution in [0.1, 0.15) is 141 Å². The maximum Gasteiger partial charge on any atom is 0.309 e. The van der Waals surface area contributed by atoms with E-state index >= 15 is 0 Å². The third-order valence-electron chi connectivity index (χ3n) is 10.4. The second-order valence-corrected chi connectivity index (χ2v) is 16.6. The molecule has 2 aromatic heterocycles. The summed E-state index contributed by atoms with van der Waals surface area (Å²) < 4.78 is 11.0. The van der Waals surface area contributed by atoms with E-state index in [4.69, 9.17) is 9.47 Å². The summed E-state index contributed by atoms with van der Waals surface area (Å²) in [6.07, 6.45) is 14.2. The molecule has 0 bridgehead atoms. The number of ether oxygens (including phenoxy) is 2. The first-order chi connectivity index (χ1) is 23.5. The zero-order chi connectivity index (χ0) is 36.4. The Morgan fingerprint density at radius 3 is 1.26 bits per heavy atom. The molecule has 4 atom stereocenters. The zero-order valence-electron chi connectivity index (χ0n) is 31.3. The maximum absolute atomic E-state index is 12.2. The molecule has 0 spiro atoms. The molecule has 0 saturated carbocycles. The normalized spacial score (nSPS) is 23.6. The highest BCUT2D eigenvalue weighted by Gasteiger charge is 2.32. The average molecular weight is 689 g/mol. The number of hydrogen-bond acceptors (Lipinski definition) is 8. The molecule has 0 saturated heterocycles. The quantitative estimate of drug-likeness (QED) is 0.302. The molecule has 2 N–H and O–H groups in total. The number of carbonyl (C=O) groups is 4. The van der Waals surface area contributed by atoms with E-state index in [9.17, 15) is 19.2 Å². The van der Waals surface area contributed by atoms with E-state index in [1.165, 1.54) is 22.3 Å². The second kappa shape index (κ2) is 15.2. The van der Waals surface area contributed by atoms with Crippen molar-refractivity contribution in [1.29, 1.82) is 0 Å². The second-order valence-electron chi connectivity index (χ2n) is 16.6. The summed E-state index contributed by atoms with van der Waals surface area (Å²) in [7, 11) is 0. The highest BCUT2D eigenvalue weighted by molar-refractivity contribution is 5.80. The lowest BCUT2D eigenvalue weighted by Gasteiger charge is -2.26. The van der Waals surface area contributed by atoms with Gasteiger partial charge in [0.15, 0.2) is 0 Å². The highest BCUT2D eigenvalue weighted by atomic mass is 16.6. The number of H-pyrrole nitrogens is 2. The number of aromatic nitrogens is 4. The van der Waals surface area contributed by atoms with Crippen LogP contribution in [0.3, 0.4) is 0 Å². The van der Waals surface area contributed by atoms with E-state index in [0.29, 0.717) is 12.8 Å². The van der Waals surface area contributed by atoms with E-state index in [1.54, 1.807) is 13.8 Å². The number of carbonyl (C=O) groups excluding carboxylic acids is 4. The van der Waals surface area contributed by atoms with Gasteiger partial charge in [-0.05, 0) is 144 Å². The standard InChI is InChI=1S/2C20H28N2O3/c2*1-12(23)15-9-10-16-17(11-15)21-22-18(16)13-5-7-14(8-6-13)19(24)25-20(2,3)4/h2*5,14-15H,6-11H2,1-4H3,(H,21,22). The lowest BCUT2D eigenvalue weighted by molar-refractivity contribution is -0.161. The smallest absolute Gasteiger partial charge is 0.309 e. The minimum absolute atomic E-state index is 0.0557. The molecule has 50 heavy (non-hydrogen) atoms. The van der Waals surface area contributed by atoms with Crippen molar-refractivity contribution < 1.29 is 28.7 Å². The van der Waals surface area contributed by atoms with Crippen LogP contribution in [0.2, 0.25) is 0 Å². The molecular weight excluding hydrogens is 632 g/mol. The van der Waals surface area contributed by atoms with Crippen LogP contribution in [-0.2, 0) is 54.3 Å². The van der Waals surface area contributed by atoms with Gasteiger partial charge in [0.25, 0.3) is 0 Å². The number of rotatable bonds is 6. The molecular formula is C40H56N4O6. The molecule has 6 rings (SSSR count). The minimum atomic E-state index is -0.435. The molecule has 10 nitrogen and oxygen atoms in total. The van der Waals surface area contributed by atoms with Crippen LogP contribution in [0.4, 0.5) is 0 Å². The van der Waals surface area contributed by atoms with Crippen molar-refractivity contribution in [2.75, 3.05) is 0 Å². The first kappa shape index (κ1) is 37.4. The Morgan fingerprint density at radius 1 is 0.600 bits per heavy atom. The van der Waals surface area contributed by atoms with Gasteiger partial charge in [-0.1, -0.05) is 12.2 Å². The fraction of sp³-hybridized carbons (Fsp3) is 0.650. The molecule has 0 fully saturated rings. The van der Waals surface area contributed by atoms with Crippen LogP contribution in [-0.4, -0.2) is 55.1 Å². The van der Waals surface area contributed by atoms with Crippen LogP contribution in [0, 0.1) is 23.7 Å². The van der Waals surface area contributed by atoms with Gasteiger partial charge in [0.2, 0.25) is 0 Å². The summed E-state index contributed by atoms with van der Waals surface area (Å²) in [6, 6.07) is 0. The molecule has 4 unspecified atom stereocenters. The van der Waals surface area contributed by atoms with Crippen LogP contribution in [0.15, 0.2) is 12.2 Å². The Labute approximate surface area is 296 Å². The van der Waals surface area contributed by atoms with Crippen molar-refractivity contribution in [3.63, 3.8) is 0 Å². The monoisotopic (exact) mass is 688 g/mol. The molecule has 10 heteroatoms. The van der Waals surface area contributed by atoms with Crippen LogP contribution in [0.5, 0.6) is 0 Å². The van der Waals surface area contributed by atoms with Gasteiger partial charge in [-0.25, -0.2) is 0 Å². The molecule has 4 aliphatic carbocycles. The molecule has 0 radical (unpaired) electrons. The SMILES string of the molecule is CC(=O)C1CCc2c(C3=CCC(C(=O)OC(C)(C)C)CC3)n[nH]c2C1.CC(=O)C1CCc2c(C3=CCC(C(=O)OC(C)(C)C)CC3)n[nH]c2C1. The average Bonchev–Trinajstić information content (AvgIpc) is 3.67. The summed E-state index contributed by atoms with van der Waals surface area (Å²) in [4.78, 5) is 47.7. The third kappa shape index (κ3) is 9.29. The highest BCUT2D eigenvalue weighted by Crippen LogP contribution is 2.37. The number of ketones is 2. The number of nitrogens with one attached hydrogen (secondary N) is 2. The number of nitrogens with zero attached hydrogens (tertiary/aromatic N) is 2.